The fraction of sp³-hybridized carbons (Fsp3) is 0.357. The molecule has 1 unspecified atom stereocenters. The van der Waals surface area contributed by atoms with Crippen molar-refractivity contribution in [2.75, 3.05) is 0 Å². The number of nitrogens with one attached hydrogen (secondary N) is 1. The second kappa shape index (κ2) is 5.75. The van der Waals surface area contributed by atoms with Crippen molar-refractivity contribution in [3.63, 3.8) is 0 Å². The quantitative estimate of drug-likeness (QED) is 0.757. The molecule has 1 atom stereocenters. The molecule has 1 aliphatic carbocycles. The first-order valence-corrected chi connectivity index (χ1v) is 6.16. The Morgan fingerprint density at radius 2 is 1.79 bits per heavy atom. The van der Waals surface area contributed by atoms with Crippen molar-refractivity contribution in [2.45, 2.75) is 31.3 Å². The Morgan fingerprint density at radius 3 is 2.32 bits per heavy atom. The van der Waals surface area contributed by atoms with Gasteiger partial charge in [-0.3, -0.25) is 19.7 Å². The minimum atomic E-state index is -1.06. The van der Waals surface area contributed by atoms with Crippen molar-refractivity contribution in [1.82, 2.24) is 5.32 Å². The Morgan fingerprint density at radius 1 is 1.21 bits per heavy atom. The fourth-order valence-electron chi connectivity index (χ4n) is 2.17. The predicted molar refractivity (Wildman–Crippen MR) is 67.7 cm³/mol. The van der Waals surface area contributed by atoms with Crippen LogP contribution in [-0.4, -0.2) is 34.7 Å². The standard InChI is InChI=1S/C14H15NO4/c16-11-6-7-12(17)13(11)15-10(14(18)19)8-9-4-2-1-3-5-9/h1-5,10,13,15H,6-8H2,(H,18,19). The number of rotatable bonds is 5. The van der Waals surface area contributed by atoms with Gasteiger partial charge in [0.25, 0.3) is 0 Å². The lowest BCUT2D eigenvalue weighted by Crippen LogP contribution is -2.49. The van der Waals surface area contributed by atoms with Gasteiger partial charge in [-0.2, -0.15) is 0 Å². The van der Waals surface area contributed by atoms with E-state index in [2.05, 4.69) is 5.32 Å². The van der Waals surface area contributed by atoms with Gasteiger partial charge in [0.2, 0.25) is 0 Å². The van der Waals surface area contributed by atoms with Crippen LogP contribution in [0.3, 0.4) is 0 Å². The van der Waals surface area contributed by atoms with Gasteiger partial charge in [-0.05, 0) is 12.0 Å². The molecule has 2 rings (SSSR count). The SMILES string of the molecule is O=C(O)C(Cc1ccccc1)NC1C(=O)CCC1=O. The first-order chi connectivity index (χ1) is 9.08. The number of ketones is 2. The van der Waals surface area contributed by atoms with Gasteiger partial charge in [0.1, 0.15) is 12.1 Å². The van der Waals surface area contributed by atoms with E-state index in [-0.39, 0.29) is 30.8 Å². The van der Waals surface area contributed by atoms with Gasteiger partial charge in [-0.25, -0.2) is 0 Å². The summed E-state index contributed by atoms with van der Waals surface area (Å²) in [6.45, 7) is 0. The Bertz CT molecular complexity index is 481. The van der Waals surface area contributed by atoms with Crippen LogP contribution in [0.4, 0.5) is 0 Å². The van der Waals surface area contributed by atoms with E-state index in [0.29, 0.717) is 0 Å². The fourth-order valence-corrected chi connectivity index (χ4v) is 2.17. The van der Waals surface area contributed by atoms with Gasteiger partial charge >= 0.3 is 5.97 Å². The number of carbonyl (C=O) groups excluding carboxylic acids is 2. The zero-order valence-electron chi connectivity index (χ0n) is 10.3. The highest BCUT2D eigenvalue weighted by atomic mass is 16.4. The summed E-state index contributed by atoms with van der Waals surface area (Å²) < 4.78 is 0. The van der Waals surface area contributed by atoms with Crippen molar-refractivity contribution < 1.29 is 19.5 Å². The molecule has 1 fully saturated rings. The van der Waals surface area contributed by atoms with Crippen molar-refractivity contribution in [1.29, 1.82) is 0 Å². The molecule has 1 aromatic carbocycles. The maximum Gasteiger partial charge on any atom is 0.321 e. The Hall–Kier alpha value is -2.01. The topological polar surface area (TPSA) is 83.5 Å². The van der Waals surface area contributed by atoms with Crippen LogP contribution >= 0.6 is 0 Å². The van der Waals surface area contributed by atoms with Gasteiger partial charge in [-0.15, -0.1) is 0 Å². The maximum absolute atomic E-state index is 11.5. The van der Waals surface area contributed by atoms with Gasteiger partial charge in [0.05, 0.1) is 0 Å². The second-order valence-corrected chi connectivity index (χ2v) is 4.61. The lowest BCUT2D eigenvalue weighted by atomic mass is 10.0. The Labute approximate surface area is 110 Å². The third-order valence-corrected chi connectivity index (χ3v) is 3.21. The molecule has 0 bridgehead atoms. The molecule has 1 aliphatic rings. The van der Waals surface area contributed by atoms with Crippen molar-refractivity contribution in [2.24, 2.45) is 0 Å². The maximum atomic E-state index is 11.5. The molecule has 0 radical (unpaired) electrons. The molecule has 0 aliphatic heterocycles. The molecule has 1 saturated carbocycles. The van der Waals surface area contributed by atoms with Crippen LogP contribution in [0.25, 0.3) is 0 Å². The zero-order chi connectivity index (χ0) is 13.8. The molecule has 100 valence electrons. The van der Waals surface area contributed by atoms with Gasteiger partial charge in [-0.1, -0.05) is 30.3 Å². The molecule has 0 amide bonds. The Balaban J connectivity index is 2.07. The number of benzene rings is 1. The van der Waals surface area contributed by atoms with E-state index in [4.69, 9.17) is 0 Å². The smallest absolute Gasteiger partial charge is 0.321 e. The van der Waals surface area contributed by atoms with Crippen LogP contribution in [-0.2, 0) is 20.8 Å². The van der Waals surface area contributed by atoms with E-state index >= 15 is 0 Å². The number of hydrogen-bond acceptors (Lipinski definition) is 4. The molecule has 5 heteroatoms. The van der Waals surface area contributed by atoms with Crippen LogP contribution in [0, 0.1) is 0 Å². The minimum Gasteiger partial charge on any atom is -0.480 e. The molecule has 0 aromatic heterocycles. The first-order valence-electron chi connectivity index (χ1n) is 6.16. The van der Waals surface area contributed by atoms with Crippen molar-refractivity contribution in [3.05, 3.63) is 35.9 Å². The molecule has 0 saturated heterocycles. The largest absolute Gasteiger partial charge is 0.480 e. The summed E-state index contributed by atoms with van der Waals surface area (Å²) >= 11 is 0. The molecule has 1 aromatic rings. The van der Waals surface area contributed by atoms with Gasteiger partial charge in [0.15, 0.2) is 11.6 Å². The van der Waals surface area contributed by atoms with E-state index in [1.165, 1.54) is 0 Å². The number of hydrogen-bond donors (Lipinski definition) is 2. The number of carboxylic acid groups (broad SMARTS) is 1. The summed E-state index contributed by atoms with van der Waals surface area (Å²) in [6, 6.07) is 7.23. The molecular formula is C14H15NO4. The van der Waals surface area contributed by atoms with E-state index in [0.717, 1.165) is 5.56 Å². The van der Waals surface area contributed by atoms with Crippen LogP contribution < -0.4 is 5.32 Å². The minimum absolute atomic E-state index is 0.203. The zero-order valence-corrected chi connectivity index (χ0v) is 10.3. The molecule has 0 heterocycles. The highest BCUT2D eigenvalue weighted by molar-refractivity contribution is 6.12. The average molecular weight is 261 g/mol. The van der Waals surface area contributed by atoms with Crippen LogP contribution in [0.15, 0.2) is 30.3 Å². The van der Waals surface area contributed by atoms with Gasteiger partial charge in [0, 0.05) is 12.8 Å². The monoisotopic (exact) mass is 261 g/mol. The van der Waals surface area contributed by atoms with Crippen LogP contribution in [0.1, 0.15) is 18.4 Å². The molecule has 0 spiro atoms. The predicted octanol–water partition coefficient (Wildman–Crippen LogP) is 0.572. The molecule has 5 nitrogen and oxygen atoms in total. The summed E-state index contributed by atoms with van der Waals surface area (Å²) in [5.74, 6) is -1.50. The van der Waals surface area contributed by atoms with Crippen LogP contribution in [0.5, 0.6) is 0 Å². The van der Waals surface area contributed by atoms with E-state index in [9.17, 15) is 19.5 Å². The summed E-state index contributed by atoms with van der Waals surface area (Å²) in [5.41, 5.74) is 0.847. The normalized spacial score (nSPS) is 17.7. The number of Topliss-reactive ketones (excluding diaryl/α,β-unsaturated/α-hetero) is 2. The number of carbonyl (C=O) groups is 3. The first kappa shape index (κ1) is 13.4. The van der Waals surface area contributed by atoms with Crippen molar-refractivity contribution >= 4 is 17.5 Å². The third kappa shape index (κ3) is 3.26. The lowest BCUT2D eigenvalue weighted by Gasteiger charge is -2.17. The summed E-state index contributed by atoms with van der Waals surface area (Å²) in [5, 5.41) is 11.8. The summed E-state index contributed by atoms with van der Waals surface area (Å²) in [6.07, 6.45) is 0.648. The number of carboxylic acids is 1. The highest BCUT2D eigenvalue weighted by Crippen LogP contribution is 2.13. The lowest BCUT2D eigenvalue weighted by molar-refractivity contribution is -0.140. The number of aliphatic carboxylic acids is 1. The molecule has 19 heavy (non-hydrogen) atoms. The summed E-state index contributed by atoms with van der Waals surface area (Å²) in [4.78, 5) is 34.3. The average Bonchev–Trinajstić information content (AvgIpc) is 2.70. The van der Waals surface area contributed by atoms with Crippen molar-refractivity contribution in [3.8, 4) is 0 Å². The van der Waals surface area contributed by atoms with E-state index < -0.39 is 18.1 Å². The molecular weight excluding hydrogens is 246 g/mol. The Kier molecular flexibility index (Phi) is 4.06. The molecule has 2 N–H and O–H groups in total. The van der Waals surface area contributed by atoms with Gasteiger partial charge < -0.3 is 5.11 Å². The summed E-state index contributed by atoms with van der Waals surface area (Å²) in [7, 11) is 0. The van der Waals surface area contributed by atoms with Crippen LogP contribution in [0.2, 0.25) is 0 Å². The highest BCUT2D eigenvalue weighted by Gasteiger charge is 2.35. The second-order valence-electron chi connectivity index (χ2n) is 4.61. The van der Waals surface area contributed by atoms with E-state index in [1.807, 2.05) is 30.3 Å². The van der Waals surface area contributed by atoms with E-state index in [1.54, 1.807) is 0 Å². The third-order valence-electron chi connectivity index (χ3n) is 3.21.